The lowest BCUT2D eigenvalue weighted by molar-refractivity contribution is 0.0589. The molecule has 4 nitrogen and oxygen atoms in total. The Kier molecular flexibility index (Phi) is 4.33. The van der Waals surface area contributed by atoms with Crippen LogP contribution in [-0.2, 0) is 11.3 Å². The highest BCUT2D eigenvalue weighted by Crippen LogP contribution is 2.18. The van der Waals surface area contributed by atoms with Crippen molar-refractivity contribution < 1.29 is 9.53 Å². The molecule has 0 aliphatic rings. The molecule has 1 aromatic rings. The van der Waals surface area contributed by atoms with E-state index >= 15 is 0 Å². The molecule has 0 aromatic heterocycles. The second kappa shape index (κ2) is 5.54. The van der Waals surface area contributed by atoms with Crippen molar-refractivity contribution in [3.63, 3.8) is 0 Å². The van der Waals surface area contributed by atoms with Crippen LogP contribution in [0.2, 0.25) is 0 Å². The zero-order chi connectivity index (χ0) is 13.8. The minimum atomic E-state index is -0.514. The number of hydrogen-bond acceptors (Lipinski definition) is 2. The third kappa shape index (κ3) is 4.10. The lowest BCUT2D eigenvalue weighted by atomic mass is 10.2. The molecule has 0 spiro atoms. The minimum absolute atomic E-state index is 0.315. The van der Waals surface area contributed by atoms with Crippen LogP contribution < -0.4 is 4.90 Å². The number of amides is 1. The molecule has 0 saturated heterocycles. The summed E-state index contributed by atoms with van der Waals surface area (Å²) in [7, 11) is 1.66. The topological polar surface area (TPSA) is 33.9 Å². The molecule has 96 valence electrons. The average Bonchev–Trinajstić information content (AvgIpc) is 2.26. The van der Waals surface area contributed by atoms with Crippen molar-refractivity contribution in [2.24, 2.45) is 0 Å². The first-order valence-electron chi connectivity index (χ1n) is 5.72. The third-order valence-corrected chi connectivity index (χ3v) is 2.23. The first-order chi connectivity index (χ1) is 8.33. The minimum Gasteiger partial charge on any atom is -0.443 e. The van der Waals surface area contributed by atoms with Crippen LogP contribution in [0.25, 0.3) is 4.85 Å². The number of nitrogens with zero attached hydrogens (tertiary/aromatic N) is 2. The summed E-state index contributed by atoms with van der Waals surface area (Å²) in [5.41, 5.74) is 1.10. The Labute approximate surface area is 108 Å². The fraction of sp³-hybridized carbons (Fsp3) is 0.429. The number of hydrogen-bond donors (Lipinski definition) is 0. The molecule has 0 N–H and O–H groups in total. The van der Waals surface area contributed by atoms with Crippen LogP contribution in [-0.4, -0.2) is 18.7 Å². The van der Waals surface area contributed by atoms with Gasteiger partial charge in [0.2, 0.25) is 6.54 Å². The molecule has 0 radical (unpaired) electrons. The molecule has 0 bridgehead atoms. The fourth-order valence-electron chi connectivity index (χ4n) is 1.39. The summed E-state index contributed by atoms with van der Waals surface area (Å²) < 4.78 is 5.28. The number of rotatable bonds is 2. The van der Waals surface area contributed by atoms with Crippen LogP contribution in [0, 0.1) is 6.57 Å². The zero-order valence-electron chi connectivity index (χ0n) is 11.2. The van der Waals surface area contributed by atoms with Crippen molar-refractivity contribution in [1.82, 2.24) is 0 Å². The Morgan fingerprint density at radius 1 is 1.44 bits per heavy atom. The molecule has 0 saturated carbocycles. The van der Waals surface area contributed by atoms with Crippen molar-refractivity contribution in [3.8, 4) is 0 Å². The molecule has 1 rings (SSSR count). The maximum Gasteiger partial charge on any atom is 0.414 e. The summed E-state index contributed by atoms with van der Waals surface area (Å²) in [6.07, 6.45) is -0.400. The van der Waals surface area contributed by atoms with Gasteiger partial charge >= 0.3 is 6.09 Å². The highest BCUT2D eigenvalue weighted by molar-refractivity contribution is 5.87. The quantitative estimate of drug-likeness (QED) is 0.749. The van der Waals surface area contributed by atoms with Crippen LogP contribution in [0.5, 0.6) is 0 Å². The summed E-state index contributed by atoms with van der Waals surface area (Å²) >= 11 is 0. The van der Waals surface area contributed by atoms with Crippen LogP contribution >= 0.6 is 0 Å². The van der Waals surface area contributed by atoms with E-state index in [1.54, 1.807) is 7.05 Å². The van der Waals surface area contributed by atoms with Crippen molar-refractivity contribution in [3.05, 3.63) is 41.2 Å². The van der Waals surface area contributed by atoms with E-state index in [1.165, 1.54) is 4.90 Å². The molecule has 0 fully saturated rings. The molecule has 0 unspecified atom stereocenters. The van der Waals surface area contributed by atoms with Gasteiger partial charge in [0.15, 0.2) is 0 Å². The van der Waals surface area contributed by atoms with Gasteiger partial charge in [0.05, 0.1) is 0 Å². The van der Waals surface area contributed by atoms with Gasteiger partial charge < -0.3 is 9.58 Å². The Morgan fingerprint density at radius 3 is 2.67 bits per heavy atom. The number of anilines is 1. The molecular weight excluding hydrogens is 228 g/mol. The van der Waals surface area contributed by atoms with Gasteiger partial charge in [-0.3, -0.25) is 4.90 Å². The average molecular weight is 246 g/mol. The van der Waals surface area contributed by atoms with Crippen molar-refractivity contribution >= 4 is 11.8 Å². The monoisotopic (exact) mass is 246 g/mol. The van der Waals surface area contributed by atoms with E-state index in [1.807, 2.05) is 45.0 Å². The summed E-state index contributed by atoms with van der Waals surface area (Å²) in [6.45, 7) is 12.6. The maximum absolute atomic E-state index is 11.9. The molecule has 0 atom stereocenters. The van der Waals surface area contributed by atoms with Gasteiger partial charge in [-0.25, -0.2) is 11.4 Å². The lowest BCUT2D eigenvalue weighted by Crippen LogP contribution is -2.34. The molecule has 0 aliphatic carbocycles. The molecule has 4 heteroatoms. The van der Waals surface area contributed by atoms with Gasteiger partial charge in [-0.2, -0.15) is 0 Å². The van der Waals surface area contributed by atoms with E-state index in [-0.39, 0.29) is 0 Å². The van der Waals surface area contributed by atoms with Crippen LogP contribution in [0.3, 0.4) is 0 Å². The molecule has 0 aliphatic heterocycles. The van der Waals surface area contributed by atoms with Crippen molar-refractivity contribution in [2.45, 2.75) is 32.9 Å². The highest BCUT2D eigenvalue weighted by atomic mass is 16.6. The molecule has 18 heavy (non-hydrogen) atoms. The van der Waals surface area contributed by atoms with Gasteiger partial charge in [-0.05, 0) is 32.9 Å². The largest absolute Gasteiger partial charge is 0.443 e. The summed E-state index contributed by atoms with van der Waals surface area (Å²) in [4.78, 5) is 16.6. The van der Waals surface area contributed by atoms with Gasteiger partial charge in [0, 0.05) is 18.3 Å². The maximum atomic E-state index is 11.9. The summed E-state index contributed by atoms with van der Waals surface area (Å²) in [5, 5.41) is 0. The Hall–Kier alpha value is -2.02. The van der Waals surface area contributed by atoms with Crippen molar-refractivity contribution in [1.29, 1.82) is 0 Å². The molecule has 0 heterocycles. The van der Waals surface area contributed by atoms with E-state index in [4.69, 9.17) is 11.3 Å². The van der Waals surface area contributed by atoms with Gasteiger partial charge in [0.25, 0.3) is 0 Å². The number of benzene rings is 1. The SMILES string of the molecule is [C-]#[N+]Cc1cccc(N(C)C(=O)OC(C)(C)C)c1. The fourth-order valence-corrected chi connectivity index (χ4v) is 1.39. The summed E-state index contributed by atoms with van der Waals surface area (Å²) in [5.74, 6) is 0. The van der Waals surface area contributed by atoms with Gasteiger partial charge in [0.1, 0.15) is 5.60 Å². The summed E-state index contributed by atoms with van der Waals surface area (Å²) in [6, 6.07) is 7.33. The Morgan fingerprint density at radius 2 is 2.11 bits per heavy atom. The van der Waals surface area contributed by atoms with Crippen LogP contribution in [0.1, 0.15) is 26.3 Å². The number of carbonyl (C=O) groups excluding carboxylic acids is 1. The Bertz CT molecular complexity index is 469. The van der Waals surface area contributed by atoms with E-state index < -0.39 is 11.7 Å². The Balaban J connectivity index is 2.84. The van der Waals surface area contributed by atoms with E-state index in [9.17, 15) is 4.79 Å². The zero-order valence-corrected chi connectivity index (χ0v) is 11.2. The second-order valence-corrected chi connectivity index (χ2v) is 5.03. The molecular formula is C14H18N2O2. The van der Waals surface area contributed by atoms with Crippen LogP contribution in [0.15, 0.2) is 24.3 Å². The number of carbonyl (C=O) groups is 1. The molecule has 1 aromatic carbocycles. The first kappa shape index (κ1) is 14.0. The van der Waals surface area contributed by atoms with E-state index in [2.05, 4.69) is 4.85 Å². The standard InChI is InChI=1S/C14H18N2O2/c1-14(2,3)18-13(17)16(5)12-8-6-7-11(9-12)10-15-4/h6-9H,10H2,1-3,5H3. The van der Waals surface area contributed by atoms with E-state index in [0.717, 1.165) is 11.3 Å². The van der Waals surface area contributed by atoms with Gasteiger partial charge in [-0.1, -0.05) is 12.1 Å². The smallest absolute Gasteiger partial charge is 0.414 e. The van der Waals surface area contributed by atoms with Gasteiger partial charge in [-0.15, -0.1) is 0 Å². The lowest BCUT2D eigenvalue weighted by Gasteiger charge is -2.24. The first-order valence-corrected chi connectivity index (χ1v) is 5.72. The van der Waals surface area contributed by atoms with E-state index in [0.29, 0.717) is 6.54 Å². The predicted molar refractivity (Wildman–Crippen MR) is 71.4 cm³/mol. The highest BCUT2D eigenvalue weighted by Gasteiger charge is 2.20. The second-order valence-electron chi connectivity index (χ2n) is 5.03. The molecule has 1 amide bonds. The van der Waals surface area contributed by atoms with Crippen molar-refractivity contribution in [2.75, 3.05) is 11.9 Å². The van der Waals surface area contributed by atoms with Crippen LogP contribution in [0.4, 0.5) is 10.5 Å². The predicted octanol–water partition coefficient (Wildman–Crippen LogP) is 3.48. The number of ether oxygens (including phenoxy) is 1. The normalized spacial score (nSPS) is 10.6. The third-order valence-electron chi connectivity index (χ3n) is 2.23.